The molecule has 0 saturated carbocycles. The Hall–Kier alpha value is -1.46. The van der Waals surface area contributed by atoms with E-state index in [-0.39, 0.29) is 25.1 Å². The third-order valence-electron chi connectivity index (χ3n) is 3.07. The average molecular weight is 267 g/mol. The van der Waals surface area contributed by atoms with Gasteiger partial charge in [0.2, 0.25) is 0 Å². The standard InChI is InChI=1S/C14H18FNO3/c15-13-4-2-1-3-11(13)9-19-14(17)10-18-12-5-7-16-8-6-12/h1-4,12,16H,5-10H2. The van der Waals surface area contributed by atoms with Crippen LogP contribution in [0.15, 0.2) is 24.3 Å². The van der Waals surface area contributed by atoms with Gasteiger partial charge in [-0.3, -0.25) is 0 Å². The Balaban J connectivity index is 1.68. The minimum atomic E-state index is -0.457. The molecule has 0 atom stereocenters. The smallest absolute Gasteiger partial charge is 0.332 e. The number of nitrogens with one attached hydrogen (secondary N) is 1. The first-order valence-corrected chi connectivity index (χ1v) is 6.47. The minimum Gasteiger partial charge on any atom is -0.459 e. The Labute approximate surface area is 111 Å². The Morgan fingerprint density at radius 3 is 2.79 bits per heavy atom. The lowest BCUT2D eigenvalue weighted by Crippen LogP contribution is -2.33. The van der Waals surface area contributed by atoms with Crippen LogP contribution in [-0.2, 0) is 20.9 Å². The summed E-state index contributed by atoms with van der Waals surface area (Å²) in [6, 6.07) is 6.24. The van der Waals surface area contributed by atoms with Crippen LogP contribution in [-0.4, -0.2) is 31.8 Å². The highest BCUT2D eigenvalue weighted by atomic mass is 19.1. The summed E-state index contributed by atoms with van der Waals surface area (Å²) in [6.45, 7) is 1.70. The van der Waals surface area contributed by atoms with Crippen molar-refractivity contribution in [3.63, 3.8) is 0 Å². The molecular weight excluding hydrogens is 249 g/mol. The molecule has 1 aliphatic heterocycles. The van der Waals surface area contributed by atoms with E-state index in [1.165, 1.54) is 6.07 Å². The van der Waals surface area contributed by atoms with E-state index in [1.54, 1.807) is 18.2 Å². The van der Waals surface area contributed by atoms with Crippen LogP contribution in [0.1, 0.15) is 18.4 Å². The minimum absolute atomic E-state index is 0.0545. The van der Waals surface area contributed by atoms with Crippen LogP contribution in [0.2, 0.25) is 0 Å². The summed E-state index contributed by atoms with van der Waals surface area (Å²) < 4.78 is 23.7. The second kappa shape index (κ2) is 7.21. The molecule has 0 aliphatic carbocycles. The van der Waals surface area contributed by atoms with Gasteiger partial charge in [-0.25, -0.2) is 9.18 Å². The van der Waals surface area contributed by atoms with Gasteiger partial charge in [-0.05, 0) is 32.0 Å². The summed E-state index contributed by atoms with van der Waals surface area (Å²) in [7, 11) is 0. The van der Waals surface area contributed by atoms with Crippen LogP contribution < -0.4 is 5.32 Å². The van der Waals surface area contributed by atoms with Gasteiger partial charge in [-0.1, -0.05) is 18.2 Å². The third kappa shape index (κ3) is 4.61. The highest BCUT2D eigenvalue weighted by Crippen LogP contribution is 2.09. The summed E-state index contributed by atoms with van der Waals surface area (Å²) in [5, 5.41) is 3.22. The first-order chi connectivity index (χ1) is 9.25. The predicted molar refractivity (Wildman–Crippen MR) is 68.0 cm³/mol. The molecule has 1 N–H and O–H groups in total. The van der Waals surface area contributed by atoms with Gasteiger partial charge in [-0.15, -0.1) is 0 Å². The zero-order chi connectivity index (χ0) is 13.5. The number of carbonyl (C=O) groups is 1. The van der Waals surface area contributed by atoms with E-state index < -0.39 is 5.97 Å². The van der Waals surface area contributed by atoms with Gasteiger partial charge in [0.1, 0.15) is 19.0 Å². The second-order valence-corrected chi connectivity index (χ2v) is 4.51. The van der Waals surface area contributed by atoms with Gasteiger partial charge in [-0.2, -0.15) is 0 Å². The van der Waals surface area contributed by atoms with Crippen LogP contribution in [0.4, 0.5) is 4.39 Å². The van der Waals surface area contributed by atoms with Crippen molar-refractivity contribution in [1.82, 2.24) is 5.32 Å². The normalized spacial score (nSPS) is 16.3. The van der Waals surface area contributed by atoms with Crippen molar-refractivity contribution in [2.45, 2.75) is 25.6 Å². The van der Waals surface area contributed by atoms with Gasteiger partial charge in [0.05, 0.1) is 6.10 Å². The monoisotopic (exact) mass is 267 g/mol. The van der Waals surface area contributed by atoms with Gasteiger partial charge in [0, 0.05) is 5.56 Å². The largest absolute Gasteiger partial charge is 0.459 e. The van der Waals surface area contributed by atoms with Crippen molar-refractivity contribution in [2.75, 3.05) is 19.7 Å². The van der Waals surface area contributed by atoms with Crippen molar-refractivity contribution in [2.24, 2.45) is 0 Å². The summed E-state index contributed by atoms with van der Waals surface area (Å²) in [5.41, 5.74) is 0.373. The van der Waals surface area contributed by atoms with E-state index in [1.807, 2.05) is 0 Å². The molecule has 4 nitrogen and oxygen atoms in total. The molecule has 1 aromatic rings. The highest BCUT2D eigenvalue weighted by Gasteiger charge is 2.15. The van der Waals surface area contributed by atoms with E-state index in [0.717, 1.165) is 25.9 Å². The number of halogens is 1. The zero-order valence-electron chi connectivity index (χ0n) is 10.7. The molecule has 104 valence electrons. The summed E-state index contributed by atoms with van der Waals surface area (Å²) in [4.78, 5) is 11.5. The predicted octanol–water partition coefficient (Wildman–Crippen LogP) is 1.64. The molecule has 1 aromatic carbocycles. The van der Waals surface area contributed by atoms with Gasteiger partial charge >= 0.3 is 5.97 Å². The molecule has 1 aliphatic rings. The number of esters is 1. The van der Waals surface area contributed by atoms with E-state index >= 15 is 0 Å². The maximum Gasteiger partial charge on any atom is 0.332 e. The number of hydrogen-bond donors (Lipinski definition) is 1. The molecule has 1 heterocycles. The molecular formula is C14H18FNO3. The quantitative estimate of drug-likeness (QED) is 0.824. The summed E-state index contributed by atoms with van der Waals surface area (Å²) in [6.07, 6.45) is 1.92. The van der Waals surface area contributed by atoms with Gasteiger partial charge in [0.25, 0.3) is 0 Å². The van der Waals surface area contributed by atoms with E-state index in [4.69, 9.17) is 9.47 Å². The molecule has 2 rings (SSSR count). The molecule has 19 heavy (non-hydrogen) atoms. The SMILES string of the molecule is O=C(COC1CCNCC1)OCc1ccccc1F. The molecule has 0 aromatic heterocycles. The van der Waals surface area contributed by atoms with Crippen LogP contribution in [0, 0.1) is 5.82 Å². The lowest BCUT2D eigenvalue weighted by molar-refractivity contribution is -0.153. The Morgan fingerprint density at radius 1 is 1.32 bits per heavy atom. The van der Waals surface area contributed by atoms with Crippen molar-refractivity contribution in [3.8, 4) is 0 Å². The second-order valence-electron chi connectivity index (χ2n) is 4.51. The molecule has 0 bridgehead atoms. The Kier molecular flexibility index (Phi) is 5.30. The molecule has 0 amide bonds. The number of piperidine rings is 1. The maximum atomic E-state index is 13.3. The fraction of sp³-hybridized carbons (Fsp3) is 0.500. The summed E-state index contributed by atoms with van der Waals surface area (Å²) >= 11 is 0. The fourth-order valence-corrected chi connectivity index (χ4v) is 1.96. The number of rotatable bonds is 5. The highest BCUT2D eigenvalue weighted by molar-refractivity contribution is 5.70. The Bertz CT molecular complexity index is 419. The molecule has 0 unspecified atom stereocenters. The molecule has 5 heteroatoms. The first kappa shape index (κ1) is 14.0. The van der Waals surface area contributed by atoms with Crippen molar-refractivity contribution in [3.05, 3.63) is 35.6 Å². The molecule has 0 radical (unpaired) electrons. The van der Waals surface area contributed by atoms with E-state index in [9.17, 15) is 9.18 Å². The van der Waals surface area contributed by atoms with Gasteiger partial charge in [0.15, 0.2) is 0 Å². The lowest BCUT2D eigenvalue weighted by Gasteiger charge is -2.22. The molecule has 1 saturated heterocycles. The Morgan fingerprint density at radius 2 is 2.05 bits per heavy atom. The van der Waals surface area contributed by atoms with Crippen LogP contribution in [0.5, 0.6) is 0 Å². The maximum absolute atomic E-state index is 13.3. The van der Waals surface area contributed by atoms with E-state index in [2.05, 4.69) is 5.32 Å². The van der Waals surface area contributed by atoms with E-state index in [0.29, 0.717) is 5.56 Å². The van der Waals surface area contributed by atoms with Crippen LogP contribution in [0.3, 0.4) is 0 Å². The van der Waals surface area contributed by atoms with Crippen molar-refractivity contribution in [1.29, 1.82) is 0 Å². The van der Waals surface area contributed by atoms with Crippen LogP contribution in [0.25, 0.3) is 0 Å². The van der Waals surface area contributed by atoms with Crippen molar-refractivity contribution >= 4 is 5.97 Å². The summed E-state index contributed by atoms with van der Waals surface area (Å²) in [5.74, 6) is -0.823. The number of hydrogen-bond acceptors (Lipinski definition) is 4. The zero-order valence-corrected chi connectivity index (χ0v) is 10.7. The third-order valence-corrected chi connectivity index (χ3v) is 3.07. The fourth-order valence-electron chi connectivity index (χ4n) is 1.96. The molecule has 0 spiro atoms. The first-order valence-electron chi connectivity index (χ1n) is 6.47. The lowest BCUT2D eigenvalue weighted by atomic mass is 10.1. The number of carbonyl (C=O) groups excluding carboxylic acids is 1. The average Bonchev–Trinajstić information content (AvgIpc) is 2.45. The number of benzene rings is 1. The topological polar surface area (TPSA) is 47.6 Å². The van der Waals surface area contributed by atoms with Crippen molar-refractivity contribution < 1.29 is 18.7 Å². The molecule has 1 fully saturated rings. The van der Waals surface area contributed by atoms with Crippen LogP contribution >= 0.6 is 0 Å². The number of ether oxygens (including phenoxy) is 2. The van der Waals surface area contributed by atoms with Gasteiger partial charge < -0.3 is 14.8 Å².